The molecule has 0 spiro atoms. The average molecular weight is 274 g/mol. The first-order chi connectivity index (χ1) is 7.10. The molecule has 0 saturated heterocycles. The summed E-state index contributed by atoms with van der Waals surface area (Å²) in [7, 11) is 1.65. The Morgan fingerprint density at radius 2 is 2.20 bits per heavy atom. The summed E-state index contributed by atoms with van der Waals surface area (Å²) in [6, 6.07) is 3.78. The standard InChI is InChI=1S/C11H16BrNO2/c1-7(5-13)9-3-8(6-15-2)4-10(12)11(9)14/h3-4,7,14H,5-6,13H2,1-2H3. The third-order valence-electron chi connectivity index (χ3n) is 2.35. The maximum absolute atomic E-state index is 9.85. The van der Waals surface area contributed by atoms with E-state index in [1.807, 2.05) is 19.1 Å². The SMILES string of the molecule is COCc1cc(Br)c(O)c(C(C)CN)c1. The molecule has 0 aliphatic carbocycles. The van der Waals surface area contributed by atoms with Gasteiger partial charge in [0.25, 0.3) is 0 Å². The third-order valence-corrected chi connectivity index (χ3v) is 2.95. The van der Waals surface area contributed by atoms with Gasteiger partial charge < -0.3 is 15.6 Å². The van der Waals surface area contributed by atoms with Gasteiger partial charge in [-0.15, -0.1) is 0 Å². The second-order valence-corrected chi connectivity index (χ2v) is 4.44. The first-order valence-corrected chi connectivity index (χ1v) is 5.59. The van der Waals surface area contributed by atoms with Crippen LogP contribution in [0.4, 0.5) is 0 Å². The van der Waals surface area contributed by atoms with Gasteiger partial charge in [-0.1, -0.05) is 6.92 Å². The fraction of sp³-hybridized carbons (Fsp3) is 0.455. The Balaban J connectivity index is 3.12. The molecule has 0 heterocycles. The van der Waals surface area contributed by atoms with Crippen LogP contribution in [0.15, 0.2) is 16.6 Å². The van der Waals surface area contributed by atoms with Crippen LogP contribution in [0.3, 0.4) is 0 Å². The molecule has 0 aliphatic rings. The largest absolute Gasteiger partial charge is 0.506 e. The third kappa shape index (κ3) is 2.93. The van der Waals surface area contributed by atoms with Crippen LogP contribution in [0, 0.1) is 0 Å². The van der Waals surface area contributed by atoms with Crippen molar-refractivity contribution < 1.29 is 9.84 Å². The molecule has 1 atom stereocenters. The molecular formula is C11H16BrNO2. The molecule has 1 aromatic rings. The minimum atomic E-state index is 0.137. The van der Waals surface area contributed by atoms with E-state index in [9.17, 15) is 5.11 Å². The molecule has 0 saturated carbocycles. The van der Waals surface area contributed by atoms with Crippen molar-refractivity contribution in [2.45, 2.75) is 19.4 Å². The first kappa shape index (κ1) is 12.5. The van der Waals surface area contributed by atoms with E-state index >= 15 is 0 Å². The molecule has 0 fully saturated rings. The summed E-state index contributed by atoms with van der Waals surface area (Å²) < 4.78 is 5.74. The minimum absolute atomic E-state index is 0.137. The van der Waals surface area contributed by atoms with E-state index in [0.717, 1.165) is 11.1 Å². The predicted octanol–water partition coefficient (Wildman–Crippen LogP) is 2.36. The van der Waals surface area contributed by atoms with Gasteiger partial charge in [0.2, 0.25) is 0 Å². The molecule has 15 heavy (non-hydrogen) atoms. The van der Waals surface area contributed by atoms with Crippen molar-refractivity contribution in [3.63, 3.8) is 0 Å². The van der Waals surface area contributed by atoms with Gasteiger partial charge in [0.05, 0.1) is 11.1 Å². The van der Waals surface area contributed by atoms with Crippen molar-refractivity contribution in [2.75, 3.05) is 13.7 Å². The monoisotopic (exact) mass is 273 g/mol. The number of rotatable bonds is 4. The summed E-state index contributed by atoms with van der Waals surface area (Å²) in [5.74, 6) is 0.408. The number of phenolic OH excluding ortho intramolecular Hbond substituents is 1. The normalized spacial score (nSPS) is 12.8. The number of hydrogen-bond donors (Lipinski definition) is 2. The van der Waals surface area contributed by atoms with Crippen LogP contribution in [0.5, 0.6) is 5.75 Å². The number of nitrogens with two attached hydrogens (primary N) is 1. The predicted molar refractivity (Wildman–Crippen MR) is 64.0 cm³/mol. The summed E-state index contributed by atoms with van der Waals surface area (Å²) >= 11 is 3.32. The fourth-order valence-corrected chi connectivity index (χ4v) is 1.95. The lowest BCUT2D eigenvalue weighted by atomic mass is 9.98. The Hall–Kier alpha value is -0.580. The molecule has 0 bridgehead atoms. The van der Waals surface area contributed by atoms with Gasteiger partial charge in [-0.3, -0.25) is 0 Å². The zero-order valence-corrected chi connectivity index (χ0v) is 10.5. The molecule has 84 valence electrons. The van der Waals surface area contributed by atoms with Gasteiger partial charge in [-0.05, 0) is 51.7 Å². The van der Waals surface area contributed by atoms with E-state index in [0.29, 0.717) is 17.6 Å². The number of methoxy groups -OCH3 is 1. The van der Waals surface area contributed by atoms with Crippen LogP contribution < -0.4 is 5.73 Å². The lowest BCUT2D eigenvalue weighted by Crippen LogP contribution is -2.09. The van der Waals surface area contributed by atoms with E-state index in [1.165, 1.54) is 0 Å². The number of aromatic hydroxyl groups is 1. The van der Waals surface area contributed by atoms with Crippen LogP contribution in [0.2, 0.25) is 0 Å². The summed E-state index contributed by atoms with van der Waals surface area (Å²) in [5.41, 5.74) is 7.47. The second-order valence-electron chi connectivity index (χ2n) is 3.59. The van der Waals surface area contributed by atoms with E-state index < -0.39 is 0 Å². The minimum Gasteiger partial charge on any atom is -0.506 e. The Bertz CT molecular complexity index is 342. The smallest absolute Gasteiger partial charge is 0.133 e. The van der Waals surface area contributed by atoms with Crippen LogP contribution in [0.25, 0.3) is 0 Å². The number of ether oxygens (including phenoxy) is 1. The van der Waals surface area contributed by atoms with Crippen molar-refractivity contribution in [2.24, 2.45) is 5.73 Å². The molecule has 0 amide bonds. The topological polar surface area (TPSA) is 55.5 Å². The zero-order chi connectivity index (χ0) is 11.4. The fourth-order valence-electron chi connectivity index (χ4n) is 1.43. The highest BCUT2D eigenvalue weighted by atomic mass is 79.9. The average Bonchev–Trinajstić information content (AvgIpc) is 2.22. The molecule has 0 aliphatic heterocycles. The van der Waals surface area contributed by atoms with Crippen LogP contribution in [0.1, 0.15) is 24.0 Å². The highest BCUT2D eigenvalue weighted by Gasteiger charge is 2.13. The Morgan fingerprint density at radius 3 is 2.73 bits per heavy atom. The first-order valence-electron chi connectivity index (χ1n) is 4.80. The highest BCUT2D eigenvalue weighted by Crippen LogP contribution is 2.34. The molecule has 1 aromatic carbocycles. The van der Waals surface area contributed by atoms with Crippen LogP contribution in [-0.4, -0.2) is 18.8 Å². The van der Waals surface area contributed by atoms with Crippen molar-refractivity contribution >= 4 is 15.9 Å². The van der Waals surface area contributed by atoms with Gasteiger partial charge in [0.15, 0.2) is 0 Å². The lowest BCUT2D eigenvalue weighted by Gasteiger charge is -2.14. The number of halogens is 1. The summed E-state index contributed by atoms with van der Waals surface area (Å²) in [5, 5.41) is 9.85. The lowest BCUT2D eigenvalue weighted by molar-refractivity contribution is 0.184. The van der Waals surface area contributed by atoms with E-state index in [2.05, 4.69) is 15.9 Å². The Labute approximate surface area is 98.4 Å². The molecule has 0 aromatic heterocycles. The molecule has 0 radical (unpaired) electrons. The summed E-state index contributed by atoms with van der Waals surface area (Å²) in [4.78, 5) is 0. The summed E-state index contributed by atoms with van der Waals surface area (Å²) in [6.45, 7) is 3.03. The number of benzene rings is 1. The molecule has 1 rings (SSSR count). The Kier molecular flexibility index (Phi) is 4.57. The van der Waals surface area contributed by atoms with Gasteiger partial charge in [-0.25, -0.2) is 0 Å². The maximum Gasteiger partial charge on any atom is 0.133 e. The van der Waals surface area contributed by atoms with Gasteiger partial charge in [0, 0.05) is 7.11 Å². The van der Waals surface area contributed by atoms with E-state index in [4.69, 9.17) is 10.5 Å². The molecule has 3 N–H and O–H groups in total. The summed E-state index contributed by atoms with van der Waals surface area (Å²) in [6.07, 6.45) is 0. The quantitative estimate of drug-likeness (QED) is 0.886. The molecule has 4 heteroatoms. The van der Waals surface area contributed by atoms with Gasteiger partial charge >= 0.3 is 0 Å². The number of phenols is 1. The van der Waals surface area contributed by atoms with Crippen LogP contribution >= 0.6 is 15.9 Å². The number of hydrogen-bond acceptors (Lipinski definition) is 3. The van der Waals surface area contributed by atoms with Gasteiger partial charge in [0.1, 0.15) is 5.75 Å². The van der Waals surface area contributed by atoms with Crippen LogP contribution in [-0.2, 0) is 11.3 Å². The molecule has 3 nitrogen and oxygen atoms in total. The second kappa shape index (κ2) is 5.49. The van der Waals surface area contributed by atoms with Crippen molar-refractivity contribution in [1.29, 1.82) is 0 Å². The van der Waals surface area contributed by atoms with Crippen molar-refractivity contribution in [3.8, 4) is 5.75 Å². The van der Waals surface area contributed by atoms with E-state index in [-0.39, 0.29) is 11.7 Å². The van der Waals surface area contributed by atoms with Gasteiger partial charge in [-0.2, -0.15) is 0 Å². The van der Waals surface area contributed by atoms with Crippen molar-refractivity contribution in [3.05, 3.63) is 27.7 Å². The maximum atomic E-state index is 9.85. The molecular weight excluding hydrogens is 258 g/mol. The zero-order valence-electron chi connectivity index (χ0n) is 8.96. The van der Waals surface area contributed by atoms with E-state index in [1.54, 1.807) is 7.11 Å². The highest BCUT2D eigenvalue weighted by molar-refractivity contribution is 9.10. The van der Waals surface area contributed by atoms with Crippen molar-refractivity contribution in [1.82, 2.24) is 0 Å². The Morgan fingerprint density at radius 1 is 1.53 bits per heavy atom. The molecule has 1 unspecified atom stereocenters.